The van der Waals surface area contributed by atoms with Crippen LogP contribution in [0.25, 0.3) is 11.0 Å². The molecule has 2 nitrogen and oxygen atoms in total. The number of thioether (sulfide) groups is 1. The second-order valence-corrected chi connectivity index (χ2v) is 5.41. The molecule has 0 radical (unpaired) electrons. The second kappa shape index (κ2) is 4.19. The van der Waals surface area contributed by atoms with Gasteiger partial charge in [0, 0.05) is 22.4 Å². The van der Waals surface area contributed by atoms with E-state index in [0.29, 0.717) is 5.25 Å². The highest BCUT2D eigenvalue weighted by Gasteiger charge is 2.09. The van der Waals surface area contributed by atoms with Crippen molar-refractivity contribution in [2.75, 3.05) is 5.73 Å². The molecule has 1 heterocycles. The van der Waals surface area contributed by atoms with E-state index in [2.05, 4.69) is 13.8 Å². The van der Waals surface area contributed by atoms with E-state index in [1.807, 2.05) is 36.2 Å². The SMILES string of the molecule is CC(C)SCc1coc2cccc(N)c12. The zero-order valence-electron chi connectivity index (χ0n) is 8.99. The van der Waals surface area contributed by atoms with Crippen LogP contribution in [0.1, 0.15) is 19.4 Å². The maximum Gasteiger partial charge on any atom is 0.136 e. The number of benzene rings is 1. The minimum Gasteiger partial charge on any atom is -0.464 e. The van der Waals surface area contributed by atoms with E-state index in [4.69, 9.17) is 10.2 Å². The molecule has 0 aliphatic heterocycles. The molecule has 0 aliphatic rings. The van der Waals surface area contributed by atoms with Gasteiger partial charge in [0.1, 0.15) is 5.58 Å². The Kier molecular flexibility index (Phi) is 2.91. The lowest BCUT2D eigenvalue weighted by molar-refractivity contribution is 0.612. The topological polar surface area (TPSA) is 39.2 Å². The summed E-state index contributed by atoms with van der Waals surface area (Å²) in [6, 6.07) is 5.79. The minimum atomic E-state index is 0.625. The Hall–Kier alpha value is -1.09. The lowest BCUT2D eigenvalue weighted by Crippen LogP contribution is -1.90. The Morgan fingerprint density at radius 1 is 1.40 bits per heavy atom. The smallest absolute Gasteiger partial charge is 0.136 e. The summed E-state index contributed by atoms with van der Waals surface area (Å²) in [5, 5.41) is 1.70. The zero-order valence-corrected chi connectivity index (χ0v) is 9.80. The lowest BCUT2D eigenvalue weighted by atomic mass is 10.1. The van der Waals surface area contributed by atoms with Crippen LogP contribution in [-0.4, -0.2) is 5.25 Å². The maximum atomic E-state index is 5.94. The average molecular weight is 221 g/mol. The molecule has 0 bridgehead atoms. The Bertz CT molecular complexity index is 462. The Balaban J connectivity index is 2.35. The molecule has 2 aromatic rings. The molecule has 0 atom stereocenters. The van der Waals surface area contributed by atoms with Crippen molar-refractivity contribution in [3.63, 3.8) is 0 Å². The molecule has 2 N–H and O–H groups in total. The van der Waals surface area contributed by atoms with Gasteiger partial charge in [0.05, 0.1) is 6.26 Å². The van der Waals surface area contributed by atoms with Crippen molar-refractivity contribution in [2.45, 2.75) is 24.9 Å². The molecule has 80 valence electrons. The number of nitrogen functional groups attached to an aromatic ring is 1. The summed E-state index contributed by atoms with van der Waals surface area (Å²) < 4.78 is 5.47. The normalized spacial score (nSPS) is 11.4. The highest BCUT2D eigenvalue weighted by atomic mass is 32.2. The zero-order chi connectivity index (χ0) is 10.8. The molecule has 3 heteroatoms. The van der Waals surface area contributed by atoms with Gasteiger partial charge in [0.15, 0.2) is 0 Å². The minimum absolute atomic E-state index is 0.625. The van der Waals surface area contributed by atoms with Gasteiger partial charge in [0.2, 0.25) is 0 Å². The maximum absolute atomic E-state index is 5.94. The van der Waals surface area contributed by atoms with Crippen LogP contribution in [0.15, 0.2) is 28.9 Å². The van der Waals surface area contributed by atoms with Crippen molar-refractivity contribution in [1.29, 1.82) is 0 Å². The van der Waals surface area contributed by atoms with Crippen molar-refractivity contribution < 1.29 is 4.42 Å². The first kappa shape index (κ1) is 10.4. The Morgan fingerprint density at radius 3 is 2.93 bits per heavy atom. The average Bonchev–Trinajstić information content (AvgIpc) is 2.59. The van der Waals surface area contributed by atoms with Crippen LogP contribution in [0.2, 0.25) is 0 Å². The monoisotopic (exact) mass is 221 g/mol. The standard InChI is InChI=1S/C12H15NOS/c1-8(2)15-7-9-6-14-11-5-3-4-10(13)12(9)11/h3-6,8H,7,13H2,1-2H3. The lowest BCUT2D eigenvalue weighted by Gasteiger charge is -2.03. The van der Waals surface area contributed by atoms with Crippen molar-refractivity contribution >= 4 is 28.4 Å². The van der Waals surface area contributed by atoms with Gasteiger partial charge in [-0.1, -0.05) is 19.9 Å². The second-order valence-electron chi connectivity index (χ2n) is 3.84. The number of nitrogens with two attached hydrogens (primary N) is 1. The Labute approximate surface area is 93.8 Å². The summed E-state index contributed by atoms with van der Waals surface area (Å²) in [5.41, 5.74) is 8.82. The molecule has 1 aromatic carbocycles. The van der Waals surface area contributed by atoms with E-state index in [0.717, 1.165) is 22.4 Å². The number of fused-ring (bicyclic) bond motifs is 1. The van der Waals surface area contributed by atoms with Crippen LogP contribution >= 0.6 is 11.8 Å². The number of furan rings is 1. The fourth-order valence-corrected chi connectivity index (χ4v) is 2.27. The van der Waals surface area contributed by atoms with Crippen LogP contribution in [0.4, 0.5) is 5.69 Å². The molecule has 0 aliphatic carbocycles. The summed E-state index contributed by atoms with van der Waals surface area (Å²) in [7, 11) is 0. The molecular formula is C12H15NOS. The first-order valence-electron chi connectivity index (χ1n) is 5.04. The van der Waals surface area contributed by atoms with Gasteiger partial charge >= 0.3 is 0 Å². The third kappa shape index (κ3) is 2.12. The molecule has 1 aromatic heterocycles. The van der Waals surface area contributed by atoms with Crippen LogP contribution in [-0.2, 0) is 5.75 Å². The van der Waals surface area contributed by atoms with Crippen LogP contribution in [0.5, 0.6) is 0 Å². The molecule has 2 rings (SSSR count). The van der Waals surface area contributed by atoms with Crippen LogP contribution in [0.3, 0.4) is 0 Å². The summed E-state index contributed by atoms with van der Waals surface area (Å²) in [6.07, 6.45) is 1.82. The molecule has 0 amide bonds. The third-order valence-corrected chi connectivity index (χ3v) is 3.42. The van der Waals surface area contributed by atoms with Gasteiger partial charge < -0.3 is 10.2 Å². The van der Waals surface area contributed by atoms with E-state index in [-0.39, 0.29) is 0 Å². The molecule has 0 fully saturated rings. The van der Waals surface area contributed by atoms with Crippen molar-refractivity contribution in [3.05, 3.63) is 30.0 Å². The fraction of sp³-hybridized carbons (Fsp3) is 0.333. The fourth-order valence-electron chi connectivity index (χ4n) is 1.55. The summed E-state index contributed by atoms with van der Waals surface area (Å²) in [5.74, 6) is 0.957. The van der Waals surface area contributed by atoms with Gasteiger partial charge in [-0.3, -0.25) is 0 Å². The highest BCUT2D eigenvalue weighted by Crippen LogP contribution is 2.30. The van der Waals surface area contributed by atoms with Crippen LogP contribution < -0.4 is 5.73 Å². The number of rotatable bonds is 3. The predicted octanol–water partition coefficient (Wildman–Crippen LogP) is 3.66. The molecule has 0 saturated carbocycles. The largest absolute Gasteiger partial charge is 0.464 e. The van der Waals surface area contributed by atoms with Gasteiger partial charge in [-0.25, -0.2) is 0 Å². The highest BCUT2D eigenvalue weighted by molar-refractivity contribution is 7.99. The number of hydrogen-bond acceptors (Lipinski definition) is 3. The van der Waals surface area contributed by atoms with Gasteiger partial charge in [-0.15, -0.1) is 0 Å². The first-order valence-corrected chi connectivity index (χ1v) is 6.09. The molecular weight excluding hydrogens is 206 g/mol. The molecule has 0 spiro atoms. The summed E-state index contributed by atoms with van der Waals surface area (Å²) in [6.45, 7) is 4.38. The van der Waals surface area contributed by atoms with E-state index >= 15 is 0 Å². The van der Waals surface area contributed by atoms with Crippen molar-refractivity contribution in [3.8, 4) is 0 Å². The first-order chi connectivity index (χ1) is 7.18. The number of anilines is 1. The van der Waals surface area contributed by atoms with E-state index < -0.39 is 0 Å². The summed E-state index contributed by atoms with van der Waals surface area (Å²) >= 11 is 1.90. The third-order valence-electron chi connectivity index (χ3n) is 2.28. The predicted molar refractivity (Wildman–Crippen MR) is 67.1 cm³/mol. The summed E-state index contributed by atoms with van der Waals surface area (Å²) in [4.78, 5) is 0. The molecule has 0 saturated heterocycles. The Morgan fingerprint density at radius 2 is 2.20 bits per heavy atom. The van der Waals surface area contributed by atoms with E-state index in [9.17, 15) is 0 Å². The quantitative estimate of drug-likeness (QED) is 0.804. The van der Waals surface area contributed by atoms with E-state index in [1.165, 1.54) is 5.56 Å². The van der Waals surface area contributed by atoms with Gasteiger partial charge in [-0.2, -0.15) is 11.8 Å². The van der Waals surface area contributed by atoms with Crippen molar-refractivity contribution in [1.82, 2.24) is 0 Å². The van der Waals surface area contributed by atoms with Gasteiger partial charge in [-0.05, 0) is 17.4 Å². The number of hydrogen-bond donors (Lipinski definition) is 1. The van der Waals surface area contributed by atoms with Gasteiger partial charge in [0.25, 0.3) is 0 Å². The van der Waals surface area contributed by atoms with Crippen molar-refractivity contribution in [2.24, 2.45) is 0 Å². The van der Waals surface area contributed by atoms with E-state index in [1.54, 1.807) is 0 Å². The van der Waals surface area contributed by atoms with Crippen LogP contribution in [0, 0.1) is 0 Å². The molecule has 0 unspecified atom stereocenters. The molecule has 15 heavy (non-hydrogen) atoms.